The molecule has 1 N–H and O–H groups in total. The van der Waals surface area contributed by atoms with Crippen LogP contribution in [-0.4, -0.2) is 11.4 Å². The zero-order valence-electron chi connectivity index (χ0n) is 3.96. The van der Waals surface area contributed by atoms with Crippen molar-refractivity contribution >= 4 is 22.9 Å². The lowest BCUT2D eigenvalue weighted by atomic mass is 11.7. The van der Waals surface area contributed by atoms with Crippen LogP contribution in [0.25, 0.3) is 0 Å². The number of rotatable bonds is 2. The number of carbonyl (C=O) groups excluding carboxylic acids is 1. The Morgan fingerprint density at radius 2 is 2.22 bits per heavy atom. The molecule has 0 aliphatic carbocycles. The highest BCUT2D eigenvalue weighted by Gasteiger charge is 2.46. The van der Waals surface area contributed by atoms with E-state index in [-0.39, 0.29) is 6.47 Å². The fourth-order valence-corrected chi connectivity index (χ4v) is 2.02. The summed E-state index contributed by atoms with van der Waals surface area (Å²) in [5.41, 5.74) is 0. The van der Waals surface area contributed by atoms with E-state index in [4.69, 9.17) is 4.89 Å². The molecule has 9 heavy (non-hydrogen) atoms. The first-order valence-corrected chi connectivity index (χ1v) is 4.36. The molecule has 1 fully saturated rings. The molecule has 0 unspecified atom stereocenters. The van der Waals surface area contributed by atoms with Crippen molar-refractivity contribution in [1.29, 1.82) is 0 Å². The van der Waals surface area contributed by atoms with Gasteiger partial charge >= 0.3 is 16.4 Å². The Morgan fingerprint density at radius 3 is 2.56 bits per heavy atom. The molecule has 0 spiro atoms. The van der Waals surface area contributed by atoms with Gasteiger partial charge in [-0.2, -0.15) is 0 Å². The van der Waals surface area contributed by atoms with Gasteiger partial charge in [-0.3, -0.25) is 4.79 Å². The lowest BCUT2D eigenvalue weighted by Gasteiger charge is -2.24. The lowest BCUT2D eigenvalue weighted by molar-refractivity contribution is -0.121. The zero-order valence-corrected chi connectivity index (χ0v) is 5.75. The molecule has 52 valence electrons. The Bertz CT molecular complexity index is 154. The summed E-state index contributed by atoms with van der Waals surface area (Å²) in [5, 5.41) is 0. The van der Waals surface area contributed by atoms with Gasteiger partial charge in [0.1, 0.15) is 0 Å². The lowest BCUT2D eigenvalue weighted by Crippen LogP contribution is -2.01. The van der Waals surface area contributed by atoms with Crippen LogP contribution in [0.1, 0.15) is 0 Å². The summed E-state index contributed by atoms with van der Waals surface area (Å²) in [6.07, 6.45) is 0. The molecule has 1 heterocycles. The maximum atomic E-state index is 10.1. The molecule has 0 radical (unpaired) electrons. The maximum absolute atomic E-state index is 10.1. The van der Waals surface area contributed by atoms with Gasteiger partial charge < -0.3 is 9.42 Å². The summed E-state index contributed by atoms with van der Waals surface area (Å²) >= 11 is 0. The quantitative estimate of drug-likeness (QED) is 0.483. The minimum atomic E-state index is -3.81. The van der Waals surface area contributed by atoms with Gasteiger partial charge in [-0.25, -0.2) is 13.2 Å². The molecule has 0 amide bonds. The molecule has 1 rings (SSSR count). The highest BCUT2D eigenvalue weighted by atomic mass is 31.3. The summed E-state index contributed by atoms with van der Waals surface area (Å²) in [6.45, 7) is 0.0882. The predicted octanol–water partition coefficient (Wildman–Crippen LogP) is 0.533. The highest BCUT2D eigenvalue weighted by molar-refractivity contribution is 7.71. The van der Waals surface area contributed by atoms with Crippen LogP contribution >= 0.6 is 16.4 Å². The molecule has 0 bridgehead atoms. The first-order chi connectivity index (χ1) is 4.14. The average molecular weight is 172 g/mol. The van der Waals surface area contributed by atoms with Gasteiger partial charge in [0, 0.05) is 0 Å². The van der Waals surface area contributed by atoms with Crippen molar-refractivity contribution in [3.8, 4) is 0 Å². The molecule has 0 saturated carbocycles. The predicted molar refractivity (Wildman–Crippen MR) is 26.1 cm³/mol. The van der Waals surface area contributed by atoms with Crippen molar-refractivity contribution < 1.29 is 27.4 Å². The largest absolute Gasteiger partial charge is 0.487 e. The Morgan fingerprint density at radius 1 is 1.67 bits per heavy atom. The topological polar surface area (TPSA) is 82.1 Å². The number of hydrogen-bond acceptors (Lipinski definition) is 5. The van der Waals surface area contributed by atoms with Crippen molar-refractivity contribution in [1.82, 2.24) is 0 Å². The average Bonchev–Trinajstić information content (AvgIpc) is 1.62. The monoisotopic (exact) mass is 172 g/mol. The number of carbonyl (C=O) groups is 1. The third-order valence-electron chi connectivity index (χ3n) is 0.469. The molecule has 0 atom stereocenters. The minimum absolute atomic E-state index is 0.0882. The van der Waals surface area contributed by atoms with Gasteiger partial charge in [-0.15, -0.1) is 0 Å². The maximum Gasteiger partial charge on any atom is 0.487 e. The van der Waals surface area contributed by atoms with Gasteiger partial charge in [0.15, 0.2) is 0 Å². The van der Waals surface area contributed by atoms with E-state index in [0.717, 1.165) is 0 Å². The number of hydrogen-bond donors (Lipinski definition) is 1. The molecular weight excluding hydrogens is 170 g/mol. The smallest absolute Gasteiger partial charge is 0.396 e. The Labute approximate surface area is 51.3 Å². The second-order valence-corrected chi connectivity index (χ2v) is 3.96. The zero-order chi connectivity index (χ0) is 6.91. The first-order valence-electron chi connectivity index (χ1n) is 1.77. The van der Waals surface area contributed by atoms with E-state index in [1.54, 1.807) is 0 Å². The van der Waals surface area contributed by atoms with E-state index in [0.29, 0.717) is 0 Å². The van der Waals surface area contributed by atoms with Crippen LogP contribution in [0, 0.1) is 0 Å². The van der Waals surface area contributed by atoms with Crippen LogP contribution in [0.2, 0.25) is 0 Å². The van der Waals surface area contributed by atoms with Crippen LogP contribution in [0.3, 0.4) is 0 Å². The van der Waals surface area contributed by atoms with Crippen molar-refractivity contribution in [2.24, 2.45) is 0 Å². The van der Waals surface area contributed by atoms with E-state index in [9.17, 15) is 9.36 Å². The Hall–Kier alpha value is 0.01000. The van der Waals surface area contributed by atoms with E-state index >= 15 is 0 Å². The third-order valence-corrected chi connectivity index (χ3v) is 3.44. The van der Waals surface area contributed by atoms with E-state index < -0.39 is 16.4 Å². The van der Waals surface area contributed by atoms with Crippen molar-refractivity contribution in [3.05, 3.63) is 0 Å². The molecule has 1 aliphatic rings. The summed E-state index contributed by atoms with van der Waals surface area (Å²) in [7, 11) is -5.67. The van der Waals surface area contributed by atoms with Crippen LogP contribution in [0.15, 0.2) is 0 Å². The summed E-state index contributed by atoms with van der Waals surface area (Å²) in [4.78, 5) is 17.7. The fourth-order valence-electron chi connectivity index (χ4n) is 0.248. The summed E-state index contributed by atoms with van der Waals surface area (Å²) in [5.74, 6) is 0. The molecule has 1 saturated heterocycles. The van der Waals surface area contributed by atoms with Gasteiger partial charge in [-0.05, 0) is 0 Å². The van der Waals surface area contributed by atoms with Crippen molar-refractivity contribution in [2.45, 2.75) is 0 Å². The van der Waals surface area contributed by atoms with Crippen LogP contribution in [-0.2, 0) is 22.5 Å². The number of phosphoric acid groups is 1. The first kappa shape index (κ1) is 7.12. The van der Waals surface area contributed by atoms with Crippen LogP contribution in [0.4, 0.5) is 0 Å². The summed E-state index contributed by atoms with van der Waals surface area (Å²) < 4.78 is 22.2. The van der Waals surface area contributed by atoms with Gasteiger partial charge in [0.05, 0.1) is 0 Å². The normalized spacial score (nSPS) is 41.2. The Kier molecular flexibility index (Phi) is 1.84. The highest BCUT2D eigenvalue weighted by Crippen LogP contribution is 2.74. The third kappa shape index (κ3) is 1.71. The minimum Gasteiger partial charge on any atom is -0.396 e. The van der Waals surface area contributed by atoms with E-state index in [1.807, 2.05) is 0 Å². The van der Waals surface area contributed by atoms with Gasteiger partial charge in [0.2, 0.25) is 0 Å². The fraction of sp³-hybridized carbons (Fsp3) is 0. The standard InChI is InChI=1S/CH2O6P2/c2-1-5-8-6-9(3,4)7-8/h1H,(H,3,4). The Balaban J connectivity index is 2.27. The molecule has 6 nitrogen and oxygen atoms in total. The second-order valence-electron chi connectivity index (χ2n) is 1.06. The van der Waals surface area contributed by atoms with E-state index in [2.05, 4.69) is 13.1 Å². The molecule has 0 aromatic rings. The van der Waals surface area contributed by atoms with E-state index in [1.165, 1.54) is 0 Å². The molecule has 1 aliphatic heterocycles. The van der Waals surface area contributed by atoms with Crippen LogP contribution in [0.5, 0.6) is 0 Å². The molecule has 0 aromatic heterocycles. The van der Waals surface area contributed by atoms with Gasteiger partial charge in [-0.1, -0.05) is 0 Å². The van der Waals surface area contributed by atoms with Crippen LogP contribution < -0.4 is 0 Å². The summed E-state index contributed by atoms with van der Waals surface area (Å²) in [6, 6.07) is 0. The molecular formula is CH2O6P2. The molecule has 0 aromatic carbocycles. The second kappa shape index (κ2) is 2.33. The molecule has 8 heteroatoms. The SMILES string of the molecule is O=COP1OP(=O)(O)O1. The van der Waals surface area contributed by atoms with Gasteiger partial charge in [0.25, 0.3) is 6.47 Å². The van der Waals surface area contributed by atoms with Crippen molar-refractivity contribution in [3.63, 3.8) is 0 Å². The van der Waals surface area contributed by atoms with Crippen molar-refractivity contribution in [2.75, 3.05) is 0 Å².